The minimum atomic E-state index is 0.227. The summed E-state index contributed by atoms with van der Waals surface area (Å²) in [6, 6.07) is 5.37. The molecule has 1 aliphatic rings. The molecular formula is C13H14BrClOS. The molecule has 1 nitrogen and oxygen atoms in total. The van der Waals surface area contributed by atoms with Gasteiger partial charge in [-0.3, -0.25) is 4.79 Å². The fourth-order valence-electron chi connectivity index (χ4n) is 2.04. The molecule has 0 amide bonds. The van der Waals surface area contributed by atoms with Crippen molar-refractivity contribution in [3.63, 3.8) is 0 Å². The van der Waals surface area contributed by atoms with E-state index in [1.807, 2.05) is 17.8 Å². The van der Waals surface area contributed by atoms with Crippen LogP contribution in [0.3, 0.4) is 0 Å². The predicted octanol–water partition coefficient (Wildman–Crippen LogP) is 4.82. The van der Waals surface area contributed by atoms with Gasteiger partial charge in [0, 0.05) is 21.5 Å². The molecule has 0 atom stereocenters. The summed E-state index contributed by atoms with van der Waals surface area (Å²) in [6.07, 6.45) is 3.00. The fourth-order valence-corrected chi connectivity index (χ4v) is 4.15. The first-order valence-corrected chi connectivity index (χ1v) is 8.05. The van der Waals surface area contributed by atoms with Crippen molar-refractivity contribution in [3.05, 3.63) is 33.3 Å². The zero-order chi connectivity index (χ0) is 12.3. The molecule has 0 saturated carbocycles. The molecular weight excluding hydrogens is 320 g/mol. The molecule has 1 heterocycles. The molecule has 1 saturated heterocycles. The van der Waals surface area contributed by atoms with Crippen molar-refractivity contribution in [1.29, 1.82) is 0 Å². The molecule has 2 rings (SSSR count). The molecule has 17 heavy (non-hydrogen) atoms. The molecule has 1 aromatic rings. The summed E-state index contributed by atoms with van der Waals surface area (Å²) in [7, 11) is 0. The molecule has 1 fully saturated rings. The van der Waals surface area contributed by atoms with Crippen LogP contribution in [0, 0.1) is 5.92 Å². The molecule has 0 unspecified atom stereocenters. The maximum atomic E-state index is 12.2. The SMILES string of the molecule is O=C(CC1CCSCC1)c1ccc(Cl)cc1Br. The first-order chi connectivity index (χ1) is 8.16. The van der Waals surface area contributed by atoms with Crippen molar-refractivity contribution in [2.24, 2.45) is 5.92 Å². The Balaban J connectivity index is 2.03. The number of benzene rings is 1. The first-order valence-electron chi connectivity index (χ1n) is 5.73. The highest BCUT2D eigenvalue weighted by Crippen LogP contribution is 2.29. The number of hydrogen-bond acceptors (Lipinski definition) is 2. The normalized spacial score (nSPS) is 17.1. The highest BCUT2D eigenvalue weighted by molar-refractivity contribution is 9.10. The summed E-state index contributed by atoms with van der Waals surface area (Å²) in [6.45, 7) is 0. The van der Waals surface area contributed by atoms with Crippen LogP contribution < -0.4 is 0 Å². The van der Waals surface area contributed by atoms with Crippen molar-refractivity contribution >= 4 is 45.1 Å². The van der Waals surface area contributed by atoms with Gasteiger partial charge in [-0.05, 0) is 64.4 Å². The average molecular weight is 334 g/mol. The van der Waals surface area contributed by atoms with E-state index < -0.39 is 0 Å². The number of carbonyl (C=O) groups is 1. The number of ketones is 1. The maximum absolute atomic E-state index is 12.2. The van der Waals surface area contributed by atoms with Gasteiger partial charge < -0.3 is 0 Å². The zero-order valence-corrected chi connectivity index (χ0v) is 12.6. The van der Waals surface area contributed by atoms with Gasteiger partial charge in [-0.2, -0.15) is 11.8 Å². The van der Waals surface area contributed by atoms with E-state index in [-0.39, 0.29) is 5.78 Å². The molecule has 92 valence electrons. The van der Waals surface area contributed by atoms with Crippen LogP contribution in [0.4, 0.5) is 0 Å². The average Bonchev–Trinajstić information content (AvgIpc) is 2.30. The Morgan fingerprint density at radius 1 is 1.41 bits per heavy atom. The Kier molecular flexibility index (Phi) is 4.95. The Labute approximate surface area is 119 Å². The minimum absolute atomic E-state index is 0.227. The van der Waals surface area contributed by atoms with E-state index in [4.69, 9.17) is 11.6 Å². The van der Waals surface area contributed by atoms with Crippen molar-refractivity contribution in [2.75, 3.05) is 11.5 Å². The lowest BCUT2D eigenvalue weighted by Crippen LogP contribution is -2.14. The van der Waals surface area contributed by atoms with E-state index in [0.717, 1.165) is 10.0 Å². The molecule has 0 N–H and O–H groups in total. The Morgan fingerprint density at radius 2 is 2.12 bits per heavy atom. The van der Waals surface area contributed by atoms with Crippen LogP contribution in [-0.4, -0.2) is 17.3 Å². The van der Waals surface area contributed by atoms with Crippen molar-refractivity contribution in [3.8, 4) is 0 Å². The lowest BCUT2D eigenvalue weighted by Gasteiger charge is -2.20. The van der Waals surface area contributed by atoms with Gasteiger partial charge in [0.05, 0.1) is 0 Å². The maximum Gasteiger partial charge on any atom is 0.164 e. The number of rotatable bonds is 3. The summed E-state index contributed by atoms with van der Waals surface area (Å²) < 4.78 is 0.806. The van der Waals surface area contributed by atoms with Crippen molar-refractivity contribution in [2.45, 2.75) is 19.3 Å². The van der Waals surface area contributed by atoms with E-state index in [9.17, 15) is 4.79 Å². The molecule has 4 heteroatoms. The smallest absolute Gasteiger partial charge is 0.164 e. The first kappa shape index (κ1) is 13.4. The highest BCUT2D eigenvalue weighted by Gasteiger charge is 2.19. The van der Waals surface area contributed by atoms with Gasteiger partial charge in [0.1, 0.15) is 0 Å². The van der Waals surface area contributed by atoms with E-state index >= 15 is 0 Å². The summed E-state index contributed by atoms with van der Waals surface area (Å²) in [4.78, 5) is 12.2. The third kappa shape index (κ3) is 3.73. The number of Topliss-reactive ketones (excluding diaryl/α,β-unsaturated/α-hetero) is 1. The van der Waals surface area contributed by atoms with Crippen LogP contribution in [0.2, 0.25) is 5.02 Å². The van der Waals surface area contributed by atoms with Crippen LogP contribution in [0.25, 0.3) is 0 Å². The second-order valence-corrected chi connectivity index (χ2v) is 6.82. The van der Waals surface area contributed by atoms with E-state index in [0.29, 0.717) is 17.4 Å². The molecule has 0 aliphatic carbocycles. The number of thioether (sulfide) groups is 1. The van der Waals surface area contributed by atoms with Crippen molar-refractivity contribution in [1.82, 2.24) is 0 Å². The molecule has 0 bridgehead atoms. The second kappa shape index (κ2) is 6.26. The van der Waals surface area contributed by atoms with Crippen LogP contribution in [0.5, 0.6) is 0 Å². The molecule has 0 aromatic heterocycles. The van der Waals surface area contributed by atoms with E-state index in [1.165, 1.54) is 24.3 Å². The van der Waals surface area contributed by atoms with E-state index in [1.54, 1.807) is 12.1 Å². The van der Waals surface area contributed by atoms with Crippen LogP contribution in [0.15, 0.2) is 22.7 Å². The van der Waals surface area contributed by atoms with Gasteiger partial charge in [0.15, 0.2) is 5.78 Å². The predicted molar refractivity (Wildman–Crippen MR) is 78.1 cm³/mol. The largest absolute Gasteiger partial charge is 0.294 e. The van der Waals surface area contributed by atoms with Crippen LogP contribution >= 0.6 is 39.3 Å². The number of halogens is 2. The second-order valence-electron chi connectivity index (χ2n) is 4.31. The molecule has 1 aromatic carbocycles. The van der Waals surface area contributed by atoms with Gasteiger partial charge in [-0.15, -0.1) is 0 Å². The monoisotopic (exact) mass is 332 g/mol. The van der Waals surface area contributed by atoms with Crippen LogP contribution in [-0.2, 0) is 0 Å². The molecule has 0 spiro atoms. The van der Waals surface area contributed by atoms with Crippen molar-refractivity contribution < 1.29 is 4.79 Å². The summed E-state index contributed by atoms with van der Waals surface area (Å²) in [5, 5.41) is 0.655. The van der Waals surface area contributed by atoms with Gasteiger partial charge in [-0.1, -0.05) is 11.6 Å². The van der Waals surface area contributed by atoms with E-state index in [2.05, 4.69) is 15.9 Å². The standard InChI is InChI=1S/C13H14BrClOS/c14-12-8-10(15)1-2-11(12)13(16)7-9-3-5-17-6-4-9/h1-2,8-9H,3-7H2. The molecule has 0 radical (unpaired) electrons. The number of hydrogen-bond donors (Lipinski definition) is 0. The highest BCUT2D eigenvalue weighted by atomic mass is 79.9. The summed E-state index contributed by atoms with van der Waals surface area (Å²) in [5.41, 5.74) is 0.757. The van der Waals surface area contributed by atoms with Gasteiger partial charge in [-0.25, -0.2) is 0 Å². The lowest BCUT2D eigenvalue weighted by atomic mass is 9.93. The van der Waals surface area contributed by atoms with Crippen LogP contribution in [0.1, 0.15) is 29.6 Å². The van der Waals surface area contributed by atoms with Gasteiger partial charge in [0.2, 0.25) is 0 Å². The minimum Gasteiger partial charge on any atom is -0.294 e. The Morgan fingerprint density at radius 3 is 2.76 bits per heavy atom. The zero-order valence-electron chi connectivity index (χ0n) is 9.42. The summed E-state index contributed by atoms with van der Waals surface area (Å²) in [5.74, 6) is 3.18. The Bertz CT molecular complexity index is 416. The van der Waals surface area contributed by atoms with Gasteiger partial charge >= 0.3 is 0 Å². The lowest BCUT2D eigenvalue weighted by molar-refractivity contribution is 0.0958. The third-order valence-corrected chi connectivity index (χ3v) is 4.99. The molecule has 1 aliphatic heterocycles. The topological polar surface area (TPSA) is 17.1 Å². The Hall–Kier alpha value is 0.01000. The fraction of sp³-hybridized carbons (Fsp3) is 0.462. The summed E-state index contributed by atoms with van der Waals surface area (Å²) >= 11 is 11.3. The number of carbonyl (C=O) groups excluding carboxylic acids is 1. The quantitative estimate of drug-likeness (QED) is 0.738. The van der Waals surface area contributed by atoms with Gasteiger partial charge in [0.25, 0.3) is 0 Å². The third-order valence-electron chi connectivity index (χ3n) is 3.05.